The molecule has 5 nitrogen and oxygen atoms in total. The molecule has 0 spiro atoms. The number of thiazole rings is 1. The fourth-order valence-electron chi connectivity index (χ4n) is 2.47. The van der Waals surface area contributed by atoms with Gasteiger partial charge in [-0.1, -0.05) is 53.3 Å². The molecule has 0 fully saturated rings. The summed E-state index contributed by atoms with van der Waals surface area (Å²) in [6, 6.07) is 15.7. The third-order valence-electron chi connectivity index (χ3n) is 3.65. The largest absolute Gasteiger partial charge is 0.275 e. The topological polar surface area (TPSA) is 63.5 Å². The van der Waals surface area contributed by atoms with Crippen molar-refractivity contribution >= 4 is 43.7 Å². The first-order valence-corrected chi connectivity index (χ1v) is 10.0. The minimum atomic E-state index is -3.75. The number of fused-ring (bicyclic) bond motifs is 1. The van der Waals surface area contributed by atoms with Gasteiger partial charge in [-0.2, -0.15) is 0 Å². The smallest absolute Gasteiger partial charge is 0.263 e. The highest BCUT2D eigenvalue weighted by Gasteiger charge is 2.21. The molecule has 0 atom stereocenters. The number of benzene rings is 2. The first-order chi connectivity index (χ1) is 12.0. The van der Waals surface area contributed by atoms with Crippen LogP contribution in [-0.4, -0.2) is 17.8 Å². The number of halogens is 1. The maximum Gasteiger partial charge on any atom is 0.263 e. The number of imidazole rings is 1. The summed E-state index contributed by atoms with van der Waals surface area (Å²) < 4.78 is 30.0. The summed E-state index contributed by atoms with van der Waals surface area (Å²) in [5.41, 5.74) is 0.923. The Morgan fingerprint density at radius 2 is 1.76 bits per heavy atom. The van der Waals surface area contributed by atoms with Crippen LogP contribution in [0.4, 0.5) is 5.82 Å². The van der Waals surface area contributed by atoms with E-state index in [1.807, 2.05) is 30.3 Å². The molecule has 25 heavy (non-hydrogen) atoms. The average Bonchev–Trinajstić information content (AvgIpc) is 3.19. The van der Waals surface area contributed by atoms with E-state index in [2.05, 4.69) is 9.71 Å². The third-order valence-corrected chi connectivity index (χ3v) is 6.37. The molecule has 8 heteroatoms. The number of aromatic nitrogens is 2. The van der Waals surface area contributed by atoms with E-state index in [0.717, 1.165) is 10.4 Å². The Balaban J connectivity index is 1.83. The van der Waals surface area contributed by atoms with Gasteiger partial charge in [0.15, 0.2) is 4.96 Å². The fraction of sp³-hybridized carbons (Fsp3) is 0. The molecule has 2 heterocycles. The number of sulfonamides is 1. The number of hydrogen-bond acceptors (Lipinski definition) is 4. The van der Waals surface area contributed by atoms with Crippen LogP contribution in [0.2, 0.25) is 5.02 Å². The molecule has 126 valence electrons. The number of anilines is 1. The zero-order chi connectivity index (χ0) is 17.4. The Labute approximate surface area is 153 Å². The van der Waals surface area contributed by atoms with Gasteiger partial charge in [0.1, 0.15) is 5.82 Å². The summed E-state index contributed by atoms with van der Waals surface area (Å²) in [6.07, 6.45) is 3.37. The van der Waals surface area contributed by atoms with E-state index in [4.69, 9.17) is 11.6 Å². The van der Waals surface area contributed by atoms with E-state index < -0.39 is 10.0 Å². The summed E-state index contributed by atoms with van der Waals surface area (Å²) in [5.74, 6) is 0.471. The standard InChI is InChI=1S/C17H12ClN3O2S2/c18-13-6-8-14(9-7-13)25(22,23)20-16-15(12-4-2-1-3-5-12)24-17-19-10-11-21(16)17/h1-11,20H. The molecule has 4 rings (SSSR count). The van der Waals surface area contributed by atoms with Gasteiger partial charge >= 0.3 is 0 Å². The van der Waals surface area contributed by atoms with E-state index in [9.17, 15) is 8.42 Å². The molecule has 0 bridgehead atoms. The predicted octanol–water partition coefficient (Wildman–Crippen LogP) is 4.52. The SMILES string of the molecule is O=S(=O)(Nc1c(-c2ccccc2)sc2nccn12)c1ccc(Cl)cc1. The van der Waals surface area contributed by atoms with Crippen LogP contribution in [0.3, 0.4) is 0 Å². The van der Waals surface area contributed by atoms with Crippen molar-refractivity contribution in [1.29, 1.82) is 0 Å². The van der Waals surface area contributed by atoms with Crippen molar-refractivity contribution in [3.05, 3.63) is 72.0 Å². The second kappa shape index (κ2) is 6.18. The molecule has 0 aliphatic heterocycles. The first kappa shape index (κ1) is 16.1. The Morgan fingerprint density at radius 3 is 2.48 bits per heavy atom. The highest BCUT2D eigenvalue weighted by molar-refractivity contribution is 7.92. The summed E-state index contributed by atoms with van der Waals surface area (Å²) in [6.45, 7) is 0. The van der Waals surface area contributed by atoms with Gasteiger partial charge in [0.25, 0.3) is 10.0 Å². The lowest BCUT2D eigenvalue weighted by Crippen LogP contribution is -2.14. The second-order valence-electron chi connectivity index (χ2n) is 5.29. The molecule has 4 aromatic rings. The molecule has 0 saturated carbocycles. The van der Waals surface area contributed by atoms with Crippen molar-refractivity contribution < 1.29 is 8.42 Å². The summed E-state index contributed by atoms with van der Waals surface area (Å²) in [7, 11) is -3.75. The van der Waals surface area contributed by atoms with Gasteiger partial charge in [-0.3, -0.25) is 9.12 Å². The van der Waals surface area contributed by atoms with E-state index in [0.29, 0.717) is 15.8 Å². The third kappa shape index (κ3) is 3.02. The van der Waals surface area contributed by atoms with E-state index in [1.54, 1.807) is 28.9 Å². The van der Waals surface area contributed by atoms with Crippen LogP contribution < -0.4 is 4.72 Å². The van der Waals surface area contributed by atoms with Crippen molar-refractivity contribution in [2.45, 2.75) is 4.90 Å². The average molecular weight is 390 g/mol. The van der Waals surface area contributed by atoms with Crippen LogP contribution in [-0.2, 0) is 10.0 Å². The summed E-state index contributed by atoms with van der Waals surface area (Å²) >= 11 is 7.27. The van der Waals surface area contributed by atoms with Gasteiger partial charge in [-0.15, -0.1) is 0 Å². The van der Waals surface area contributed by atoms with Crippen molar-refractivity contribution in [1.82, 2.24) is 9.38 Å². The quantitative estimate of drug-likeness (QED) is 0.558. The lowest BCUT2D eigenvalue weighted by molar-refractivity contribution is 0.601. The van der Waals surface area contributed by atoms with E-state index >= 15 is 0 Å². The van der Waals surface area contributed by atoms with Crippen LogP contribution in [0.15, 0.2) is 71.9 Å². The van der Waals surface area contributed by atoms with Gasteiger partial charge < -0.3 is 0 Å². The normalized spacial score (nSPS) is 11.7. The Hall–Kier alpha value is -2.35. The maximum atomic E-state index is 12.8. The zero-order valence-corrected chi connectivity index (χ0v) is 15.1. The lowest BCUT2D eigenvalue weighted by Gasteiger charge is -2.10. The minimum Gasteiger partial charge on any atom is -0.275 e. The zero-order valence-electron chi connectivity index (χ0n) is 12.8. The maximum absolute atomic E-state index is 12.8. The molecule has 2 aromatic carbocycles. The monoisotopic (exact) mass is 389 g/mol. The van der Waals surface area contributed by atoms with Gasteiger partial charge in [-0.05, 0) is 29.8 Å². The molecule has 0 amide bonds. The number of hydrogen-bond donors (Lipinski definition) is 1. The van der Waals surface area contributed by atoms with Crippen LogP contribution in [0.25, 0.3) is 15.4 Å². The Bertz CT molecular complexity index is 1130. The fourth-order valence-corrected chi connectivity index (χ4v) is 4.77. The summed E-state index contributed by atoms with van der Waals surface area (Å²) in [5, 5.41) is 0.483. The highest BCUT2D eigenvalue weighted by Crippen LogP contribution is 2.37. The molecule has 1 N–H and O–H groups in total. The molecular weight excluding hydrogens is 378 g/mol. The summed E-state index contributed by atoms with van der Waals surface area (Å²) in [4.78, 5) is 5.94. The van der Waals surface area contributed by atoms with Crippen molar-refractivity contribution in [3.63, 3.8) is 0 Å². The number of nitrogens with zero attached hydrogens (tertiary/aromatic N) is 2. The van der Waals surface area contributed by atoms with Crippen molar-refractivity contribution in [2.24, 2.45) is 0 Å². The minimum absolute atomic E-state index is 0.148. The predicted molar refractivity (Wildman–Crippen MR) is 101 cm³/mol. The van der Waals surface area contributed by atoms with E-state index in [-0.39, 0.29) is 4.90 Å². The van der Waals surface area contributed by atoms with Crippen LogP contribution in [0.5, 0.6) is 0 Å². The van der Waals surface area contributed by atoms with Gasteiger partial charge in [0.05, 0.1) is 9.77 Å². The van der Waals surface area contributed by atoms with Crippen LogP contribution >= 0.6 is 22.9 Å². The highest BCUT2D eigenvalue weighted by atomic mass is 35.5. The van der Waals surface area contributed by atoms with Gasteiger partial charge in [0.2, 0.25) is 0 Å². The van der Waals surface area contributed by atoms with Crippen LogP contribution in [0, 0.1) is 0 Å². The molecule has 0 aliphatic carbocycles. The molecule has 0 aliphatic rings. The van der Waals surface area contributed by atoms with Crippen molar-refractivity contribution in [3.8, 4) is 10.4 Å². The van der Waals surface area contributed by atoms with Crippen LogP contribution in [0.1, 0.15) is 0 Å². The lowest BCUT2D eigenvalue weighted by atomic mass is 10.2. The molecule has 2 aromatic heterocycles. The molecule has 0 saturated heterocycles. The van der Waals surface area contributed by atoms with Gasteiger partial charge in [0, 0.05) is 17.4 Å². The Morgan fingerprint density at radius 1 is 1.04 bits per heavy atom. The number of nitrogens with one attached hydrogen (secondary N) is 1. The second-order valence-corrected chi connectivity index (χ2v) is 8.38. The molecule has 0 unspecified atom stereocenters. The van der Waals surface area contributed by atoms with Gasteiger partial charge in [-0.25, -0.2) is 13.4 Å². The number of rotatable bonds is 4. The molecular formula is C17H12ClN3O2S2. The first-order valence-electron chi connectivity index (χ1n) is 7.34. The molecule has 0 radical (unpaired) electrons. The van der Waals surface area contributed by atoms with Crippen molar-refractivity contribution in [2.75, 3.05) is 4.72 Å². The Kier molecular flexibility index (Phi) is 3.99. The van der Waals surface area contributed by atoms with E-state index in [1.165, 1.54) is 23.5 Å².